The molecule has 1 unspecified atom stereocenters. The van der Waals surface area contributed by atoms with Crippen LogP contribution < -0.4 is 10.1 Å². The van der Waals surface area contributed by atoms with Crippen LogP contribution in [-0.2, 0) is 0 Å². The van der Waals surface area contributed by atoms with E-state index in [0.717, 1.165) is 22.3 Å². The van der Waals surface area contributed by atoms with Gasteiger partial charge in [0.1, 0.15) is 11.6 Å². The second-order valence-corrected chi connectivity index (χ2v) is 5.27. The van der Waals surface area contributed by atoms with Crippen molar-refractivity contribution in [1.82, 2.24) is 4.98 Å². The van der Waals surface area contributed by atoms with E-state index in [4.69, 9.17) is 4.74 Å². The van der Waals surface area contributed by atoms with E-state index in [9.17, 15) is 5.11 Å². The number of aromatic nitrogens is 1. The van der Waals surface area contributed by atoms with Crippen LogP contribution in [0.5, 0.6) is 5.75 Å². The van der Waals surface area contributed by atoms with Gasteiger partial charge in [0.05, 0.1) is 18.8 Å². The van der Waals surface area contributed by atoms with E-state index in [1.807, 2.05) is 38.1 Å². The van der Waals surface area contributed by atoms with Gasteiger partial charge in [0.15, 0.2) is 0 Å². The zero-order valence-electron chi connectivity index (χ0n) is 11.8. The van der Waals surface area contributed by atoms with Crippen LogP contribution in [0, 0.1) is 0 Å². The Kier molecular flexibility index (Phi) is 3.62. The zero-order valence-corrected chi connectivity index (χ0v) is 11.8. The topological polar surface area (TPSA) is 54.4 Å². The molecule has 4 heteroatoms. The molecule has 0 amide bonds. The molecule has 1 atom stereocenters. The molecule has 1 aromatic heterocycles. The van der Waals surface area contributed by atoms with Gasteiger partial charge in [0.2, 0.25) is 0 Å². The van der Waals surface area contributed by atoms with Crippen LogP contribution in [0.2, 0.25) is 0 Å². The molecule has 0 aliphatic carbocycles. The lowest BCUT2D eigenvalue weighted by Gasteiger charge is -2.30. The van der Waals surface area contributed by atoms with Crippen molar-refractivity contribution in [2.45, 2.75) is 32.4 Å². The number of rotatable bonds is 4. The number of aliphatic hydroxyl groups is 1. The Labute approximate surface area is 113 Å². The average Bonchev–Trinajstić information content (AvgIpc) is 2.38. The first-order chi connectivity index (χ1) is 8.94. The smallest absolute Gasteiger partial charge is 0.134 e. The number of hydrogen-bond donors (Lipinski definition) is 2. The van der Waals surface area contributed by atoms with Gasteiger partial charge in [-0.2, -0.15) is 0 Å². The van der Waals surface area contributed by atoms with Gasteiger partial charge < -0.3 is 15.2 Å². The van der Waals surface area contributed by atoms with Crippen LogP contribution in [0.1, 0.15) is 20.8 Å². The fourth-order valence-corrected chi connectivity index (χ4v) is 1.78. The van der Waals surface area contributed by atoms with Crippen molar-refractivity contribution in [3.8, 4) is 5.75 Å². The lowest BCUT2D eigenvalue weighted by molar-refractivity contribution is 0.133. The Balaban J connectivity index is 2.48. The first-order valence-electron chi connectivity index (χ1n) is 6.33. The van der Waals surface area contributed by atoms with E-state index in [2.05, 4.69) is 10.3 Å². The Morgan fingerprint density at radius 2 is 2.05 bits per heavy atom. The maximum atomic E-state index is 9.80. The number of benzene rings is 1. The summed E-state index contributed by atoms with van der Waals surface area (Å²) in [5.74, 6) is 1.54. The second kappa shape index (κ2) is 5.05. The molecule has 2 aromatic rings. The number of ether oxygens (including phenoxy) is 1. The third-order valence-corrected chi connectivity index (χ3v) is 3.46. The standard InChI is InChI=1S/C15H20N2O2/c1-10(18)15(2,3)17-14-13-9-12(19-4)6-5-11(13)7-8-16-14/h5-10,18H,1-4H3,(H,16,17). The molecule has 0 saturated heterocycles. The quantitative estimate of drug-likeness (QED) is 0.887. The third kappa shape index (κ3) is 2.79. The predicted molar refractivity (Wildman–Crippen MR) is 77.7 cm³/mol. The van der Waals surface area contributed by atoms with Crippen molar-refractivity contribution in [3.05, 3.63) is 30.5 Å². The van der Waals surface area contributed by atoms with Crippen molar-refractivity contribution < 1.29 is 9.84 Å². The largest absolute Gasteiger partial charge is 0.497 e. The molecule has 0 radical (unpaired) electrons. The summed E-state index contributed by atoms with van der Waals surface area (Å²) in [5.41, 5.74) is -0.454. The van der Waals surface area contributed by atoms with Crippen LogP contribution in [-0.4, -0.2) is 28.8 Å². The van der Waals surface area contributed by atoms with E-state index < -0.39 is 11.6 Å². The minimum atomic E-state index is -0.491. The Bertz CT molecular complexity index is 579. The highest BCUT2D eigenvalue weighted by Crippen LogP contribution is 2.28. The van der Waals surface area contributed by atoms with Gasteiger partial charge in [-0.25, -0.2) is 4.98 Å². The molecular weight excluding hydrogens is 240 g/mol. The Hall–Kier alpha value is -1.81. The lowest BCUT2D eigenvalue weighted by Crippen LogP contribution is -2.42. The normalized spacial score (nSPS) is 13.3. The highest BCUT2D eigenvalue weighted by Gasteiger charge is 2.24. The van der Waals surface area contributed by atoms with Gasteiger partial charge in [-0.3, -0.25) is 0 Å². The highest BCUT2D eigenvalue weighted by molar-refractivity contribution is 5.93. The maximum Gasteiger partial charge on any atom is 0.134 e. The summed E-state index contributed by atoms with van der Waals surface area (Å²) in [5, 5.41) is 15.2. The SMILES string of the molecule is COc1ccc2ccnc(NC(C)(C)C(C)O)c2c1. The van der Waals surface area contributed by atoms with Crippen LogP contribution in [0.4, 0.5) is 5.82 Å². The van der Waals surface area contributed by atoms with Crippen molar-refractivity contribution >= 4 is 16.6 Å². The molecule has 0 saturated carbocycles. The lowest BCUT2D eigenvalue weighted by atomic mass is 9.98. The van der Waals surface area contributed by atoms with E-state index >= 15 is 0 Å². The summed E-state index contributed by atoms with van der Waals surface area (Å²) in [6.45, 7) is 5.65. The monoisotopic (exact) mass is 260 g/mol. The number of hydrogen-bond acceptors (Lipinski definition) is 4. The summed E-state index contributed by atoms with van der Waals surface area (Å²) in [7, 11) is 1.64. The Morgan fingerprint density at radius 3 is 2.68 bits per heavy atom. The molecule has 0 bridgehead atoms. The highest BCUT2D eigenvalue weighted by atomic mass is 16.5. The van der Waals surface area contributed by atoms with E-state index in [1.54, 1.807) is 20.2 Å². The van der Waals surface area contributed by atoms with E-state index in [0.29, 0.717) is 0 Å². The van der Waals surface area contributed by atoms with Crippen LogP contribution in [0.15, 0.2) is 30.5 Å². The zero-order chi connectivity index (χ0) is 14.0. The fraction of sp³-hybridized carbons (Fsp3) is 0.400. The molecule has 102 valence electrons. The summed E-state index contributed by atoms with van der Waals surface area (Å²) < 4.78 is 5.25. The Morgan fingerprint density at radius 1 is 1.32 bits per heavy atom. The van der Waals surface area contributed by atoms with Gasteiger partial charge >= 0.3 is 0 Å². The minimum Gasteiger partial charge on any atom is -0.497 e. The van der Waals surface area contributed by atoms with Crippen molar-refractivity contribution in [2.75, 3.05) is 12.4 Å². The molecule has 0 aliphatic heterocycles. The number of nitrogens with zero attached hydrogens (tertiary/aromatic N) is 1. The van der Waals surface area contributed by atoms with Crippen molar-refractivity contribution in [2.24, 2.45) is 0 Å². The predicted octanol–water partition coefficient (Wildman–Crippen LogP) is 2.81. The van der Waals surface area contributed by atoms with Crippen LogP contribution >= 0.6 is 0 Å². The summed E-state index contributed by atoms with van der Waals surface area (Å²) >= 11 is 0. The van der Waals surface area contributed by atoms with Gasteiger partial charge in [0.25, 0.3) is 0 Å². The molecule has 1 heterocycles. The fourth-order valence-electron chi connectivity index (χ4n) is 1.78. The first-order valence-corrected chi connectivity index (χ1v) is 6.33. The summed E-state index contributed by atoms with van der Waals surface area (Å²) in [6.07, 6.45) is 1.27. The van der Waals surface area contributed by atoms with Crippen LogP contribution in [0.25, 0.3) is 10.8 Å². The summed E-state index contributed by atoms with van der Waals surface area (Å²) in [6, 6.07) is 7.82. The van der Waals surface area contributed by atoms with Crippen molar-refractivity contribution in [1.29, 1.82) is 0 Å². The molecule has 4 nitrogen and oxygen atoms in total. The number of pyridine rings is 1. The average molecular weight is 260 g/mol. The minimum absolute atomic E-state index is 0.454. The van der Waals surface area contributed by atoms with Gasteiger partial charge in [-0.05, 0) is 44.4 Å². The number of fused-ring (bicyclic) bond motifs is 1. The maximum absolute atomic E-state index is 9.80. The van der Waals surface area contributed by atoms with Crippen molar-refractivity contribution in [3.63, 3.8) is 0 Å². The number of anilines is 1. The number of methoxy groups -OCH3 is 1. The van der Waals surface area contributed by atoms with Gasteiger partial charge in [-0.15, -0.1) is 0 Å². The van der Waals surface area contributed by atoms with Gasteiger partial charge in [0, 0.05) is 11.6 Å². The molecule has 19 heavy (non-hydrogen) atoms. The second-order valence-electron chi connectivity index (χ2n) is 5.27. The van der Waals surface area contributed by atoms with Crippen LogP contribution in [0.3, 0.4) is 0 Å². The third-order valence-electron chi connectivity index (χ3n) is 3.46. The van der Waals surface area contributed by atoms with E-state index in [-0.39, 0.29) is 0 Å². The molecule has 0 spiro atoms. The molecule has 1 aromatic carbocycles. The first kappa shape index (κ1) is 13.6. The molecule has 2 rings (SSSR count). The number of nitrogens with one attached hydrogen (secondary N) is 1. The molecular formula is C15H20N2O2. The molecule has 0 fully saturated rings. The molecule has 0 aliphatic rings. The molecule has 2 N–H and O–H groups in total. The summed E-state index contributed by atoms with van der Waals surface area (Å²) in [4.78, 5) is 4.37. The van der Waals surface area contributed by atoms with E-state index in [1.165, 1.54) is 0 Å². The number of aliphatic hydroxyl groups excluding tert-OH is 1. The van der Waals surface area contributed by atoms with Gasteiger partial charge in [-0.1, -0.05) is 6.07 Å².